The highest BCUT2D eigenvalue weighted by molar-refractivity contribution is 5.99. The molecule has 21 heavy (non-hydrogen) atoms. The average molecular weight is 294 g/mol. The fourth-order valence-corrected chi connectivity index (χ4v) is 3.65. The number of nitrogens with one attached hydrogen (secondary N) is 1. The Morgan fingerprint density at radius 1 is 1.14 bits per heavy atom. The first kappa shape index (κ1) is 16.3. The lowest BCUT2D eigenvalue weighted by Gasteiger charge is -2.44. The van der Waals surface area contributed by atoms with Crippen LogP contribution in [0.3, 0.4) is 0 Å². The zero-order valence-electron chi connectivity index (χ0n) is 13.9. The molecule has 0 aromatic heterocycles. The monoisotopic (exact) mass is 294 g/mol. The van der Waals surface area contributed by atoms with Crippen molar-refractivity contribution in [2.24, 2.45) is 11.8 Å². The Labute approximate surface area is 128 Å². The molecule has 1 aliphatic heterocycles. The first-order valence-electron chi connectivity index (χ1n) is 8.54. The van der Waals surface area contributed by atoms with Gasteiger partial charge in [-0.15, -0.1) is 0 Å². The fraction of sp³-hybridized carbons (Fsp3) is 0.882. The van der Waals surface area contributed by atoms with Crippen LogP contribution in [-0.2, 0) is 9.59 Å². The van der Waals surface area contributed by atoms with Gasteiger partial charge in [0.15, 0.2) is 0 Å². The smallest absolute Gasteiger partial charge is 0.248 e. The Morgan fingerprint density at radius 2 is 1.71 bits per heavy atom. The summed E-state index contributed by atoms with van der Waals surface area (Å²) in [4.78, 5) is 26.7. The van der Waals surface area contributed by atoms with Crippen molar-refractivity contribution in [3.63, 3.8) is 0 Å². The summed E-state index contributed by atoms with van der Waals surface area (Å²) in [6.45, 7) is 8.66. The number of carbonyl (C=O) groups excluding carboxylic acids is 2. The molecule has 2 rings (SSSR count). The Bertz CT molecular complexity index is 402. The molecule has 2 aliphatic rings. The molecule has 0 spiro atoms. The molecule has 1 saturated carbocycles. The molecule has 0 radical (unpaired) electrons. The highest BCUT2D eigenvalue weighted by Gasteiger charge is 2.45. The summed E-state index contributed by atoms with van der Waals surface area (Å²) in [5.74, 6) is 1.50. The van der Waals surface area contributed by atoms with Crippen LogP contribution in [0, 0.1) is 11.8 Å². The van der Waals surface area contributed by atoms with Crippen LogP contribution in [0.1, 0.15) is 66.2 Å². The maximum atomic E-state index is 12.7. The molecule has 1 N–H and O–H groups in total. The van der Waals surface area contributed by atoms with Gasteiger partial charge in [0.25, 0.3) is 0 Å². The van der Waals surface area contributed by atoms with E-state index in [1.807, 2.05) is 25.7 Å². The number of rotatable bonds is 4. The second-order valence-corrected chi connectivity index (χ2v) is 7.10. The number of hydrogen-bond acceptors (Lipinski definition) is 2. The molecule has 1 saturated heterocycles. The van der Waals surface area contributed by atoms with Crippen molar-refractivity contribution >= 4 is 11.8 Å². The lowest BCUT2D eigenvalue weighted by Crippen LogP contribution is -2.68. The summed E-state index contributed by atoms with van der Waals surface area (Å²) in [7, 11) is 0. The average Bonchev–Trinajstić information content (AvgIpc) is 2.50. The maximum Gasteiger partial charge on any atom is 0.248 e. The van der Waals surface area contributed by atoms with Gasteiger partial charge in [-0.1, -0.05) is 33.1 Å². The molecule has 0 bridgehead atoms. The van der Waals surface area contributed by atoms with Crippen LogP contribution in [-0.4, -0.2) is 34.8 Å². The molecule has 120 valence electrons. The van der Waals surface area contributed by atoms with E-state index >= 15 is 0 Å². The van der Waals surface area contributed by atoms with Crippen molar-refractivity contribution in [3.8, 4) is 0 Å². The minimum Gasteiger partial charge on any atom is -0.340 e. The van der Waals surface area contributed by atoms with Gasteiger partial charge >= 0.3 is 0 Å². The zero-order chi connectivity index (χ0) is 15.6. The molecule has 4 heteroatoms. The van der Waals surface area contributed by atoms with Gasteiger partial charge in [0.1, 0.15) is 11.6 Å². The van der Waals surface area contributed by atoms with E-state index < -0.39 is 5.54 Å². The number of nitrogens with zero attached hydrogens (tertiary/aromatic N) is 1. The van der Waals surface area contributed by atoms with E-state index in [1.165, 1.54) is 32.1 Å². The van der Waals surface area contributed by atoms with Crippen molar-refractivity contribution in [3.05, 3.63) is 0 Å². The van der Waals surface area contributed by atoms with E-state index in [2.05, 4.69) is 12.2 Å². The van der Waals surface area contributed by atoms with Crippen LogP contribution in [0.4, 0.5) is 0 Å². The Hall–Kier alpha value is -1.06. The summed E-state index contributed by atoms with van der Waals surface area (Å²) in [5, 5.41) is 2.90. The third kappa shape index (κ3) is 3.24. The molecule has 2 amide bonds. The van der Waals surface area contributed by atoms with Crippen molar-refractivity contribution < 1.29 is 9.59 Å². The third-order valence-electron chi connectivity index (χ3n) is 5.68. The molecule has 0 aromatic carbocycles. The summed E-state index contributed by atoms with van der Waals surface area (Å²) in [6, 6.07) is -0.332. The molecule has 2 unspecified atom stereocenters. The van der Waals surface area contributed by atoms with Gasteiger partial charge in [-0.05, 0) is 44.9 Å². The molecular formula is C17H30N2O2. The lowest BCUT2D eigenvalue weighted by molar-refractivity contribution is -0.154. The second kappa shape index (κ2) is 6.37. The predicted octanol–water partition coefficient (Wildman–Crippen LogP) is 2.72. The van der Waals surface area contributed by atoms with E-state index in [0.717, 1.165) is 12.5 Å². The Balaban J connectivity index is 2.03. The highest BCUT2D eigenvalue weighted by atomic mass is 16.2. The van der Waals surface area contributed by atoms with Crippen molar-refractivity contribution in [1.82, 2.24) is 10.2 Å². The van der Waals surface area contributed by atoms with Crippen LogP contribution >= 0.6 is 0 Å². The molecule has 2 fully saturated rings. The number of piperazine rings is 1. The van der Waals surface area contributed by atoms with Crippen molar-refractivity contribution in [2.75, 3.05) is 6.54 Å². The number of hydrogen-bond donors (Lipinski definition) is 1. The summed E-state index contributed by atoms with van der Waals surface area (Å²) < 4.78 is 0. The SMILES string of the molecule is CCC1CCC(CN2C(=O)C(C)(CC)NC(=O)C2C)CC1. The lowest BCUT2D eigenvalue weighted by atomic mass is 9.80. The number of carbonyl (C=O) groups is 2. The van der Waals surface area contributed by atoms with Crippen LogP contribution in [0.2, 0.25) is 0 Å². The van der Waals surface area contributed by atoms with Crippen LogP contribution in [0.25, 0.3) is 0 Å². The summed E-state index contributed by atoms with van der Waals surface area (Å²) in [5.41, 5.74) is -0.718. The molecular weight excluding hydrogens is 264 g/mol. The van der Waals surface area contributed by atoms with Gasteiger partial charge in [-0.3, -0.25) is 9.59 Å². The molecule has 0 aromatic rings. The first-order chi connectivity index (χ1) is 9.91. The minimum absolute atomic E-state index is 0.0128. The quantitative estimate of drug-likeness (QED) is 0.866. The van der Waals surface area contributed by atoms with Crippen molar-refractivity contribution in [1.29, 1.82) is 0 Å². The third-order valence-corrected chi connectivity index (χ3v) is 5.68. The van der Waals surface area contributed by atoms with Gasteiger partial charge in [0.2, 0.25) is 11.8 Å². The molecule has 2 atom stereocenters. The van der Waals surface area contributed by atoms with E-state index in [0.29, 0.717) is 12.3 Å². The van der Waals surface area contributed by atoms with Gasteiger partial charge in [0, 0.05) is 6.54 Å². The zero-order valence-corrected chi connectivity index (χ0v) is 13.9. The van der Waals surface area contributed by atoms with Gasteiger partial charge in [0.05, 0.1) is 0 Å². The predicted molar refractivity (Wildman–Crippen MR) is 83.8 cm³/mol. The second-order valence-electron chi connectivity index (χ2n) is 7.10. The van der Waals surface area contributed by atoms with Gasteiger partial charge < -0.3 is 10.2 Å². The normalized spacial score (nSPS) is 37.5. The van der Waals surface area contributed by atoms with Crippen LogP contribution in [0.15, 0.2) is 0 Å². The first-order valence-corrected chi connectivity index (χ1v) is 8.54. The highest BCUT2D eigenvalue weighted by Crippen LogP contribution is 2.32. The standard InChI is InChI=1S/C17H30N2O2/c1-5-13-7-9-14(10-8-13)11-19-12(3)15(20)18-17(4,6-2)16(19)21/h12-14H,5-11H2,1-4H3,(H,18,20). The molecule has 1 aliphatic carbocycles. The Morgan fingerprint density at radius 3 is 2.24 bits per heavy atom. The molecule has 1 heterocycles. The summed E-state index contributed by atoms with van der Waals surface area (Å²) in [6.07, 6.45) is 6.84. The van der Waals surface area contributed by atoms with Crippen LogP contribution in [0.5, 0.6) is 0 Å². The van der Waals surface area contributed by atoms with E-state index in [4.69, 9.17) is 0 Å². The minimum atomic E-state index is -0.718. The largest absolute Gasteiger partial charge is 0.340 e. The topological polar surface area (TPSA) is 49.4 Å². The fourth-order valence-electron chi connectivity index (χ4n) is 3.65. The van der Waals surface area contributed by atoms with E-state index in [-0.39, 0.29) is 17.9 Å². The molecule has 4 nitrogen and oxygen atoms in total. The van der Waals surface area contributed by atoms with E-state index in [1.54, 1.807) is 0 Å². The summed E-state index contributed by atoms with van der Waals surface area (Å²) >= 11 is 0. The van der Waals surface area contributed by atoms with Gasteiger partial charge in [-0.2, -0.15) is 0 Å². The maximum absolute atomic E-state index is 12.7. The van der Waals surface area contributed by atoms with Crippen molar-refractivity contribution in [2.45, 2.75) is 77.8 Å². The van der Waals surface area contributed by atoms with Crippen LogP contribution < -0.4 is 5.32 Å². The number of amides is 2. The Kier molecular flexibility index (Phi) is 4.95. The van der Waals surface area contributed by atoms with E-state index in [9.17, 15) is 9.59 Å². The van der Waals surface area contributed by atoms with Gasteiger partial charge in [-0.25, -0.2) is 0 Å².